The third-order valence-corrected chi connectivity index (χ3v) is 3.58. The molecule has 0 amide bonds. The van der Waals surface area contributed by atoms with Gasteiger partial charge >= 0.3 is 0 Å². The molecule has 2 heterocycles. The van der Waals surface area contributed by atoms with E-state index in [2.05, 4.69) is 37.8 Å². The van der Waals surface area contributed by atoms with Gasteiger partial charge in [-0.1, -0.05) is 0 Å². The van der Waals surface area contributed by atoms with Crippen LogP contribution in [-0.4, -0.2) is 9.78 Å². The highest BCUT2D eigenvalue weighted by atomic mass is 79.9. The van der Waals surface area contributed by atoms with Gasteiger partial charge in [-0.25, -0.2) is 0 Å². The van der Waals surface area contributed by atoms with Crippen LogP contribution in [0.1, 0.15) is 4.88 Å². The van der Waals surface area contributed by atoms with Crippen molar-refractivity contribution in [1.29, 1.82) is 0 Å². The lowest BCUT2D eigenvalue weighted by Gasteiger charge is -2.03. The molecule has 0 radical (unpaired) electrons. The molecule has 0 spiro atoms. The lowest BCUT2D eigenvalue weighted by Crippen LogP contribution is -2.03. The Morgan fingerprint density at radius 3 is 3.07 bits per heavy atom. The molecular formula is C9H10BrN3S. The maximum Gasteiger partial charge on any atom is 0.124 e. The third kappa shape index (κ3) is 2.16. The summed E-state index contributed by atoms with van der Waals surface area (Å²) < 4.78 is 2.96. The van der Waals surface area contributed by atoms with Crippen LogP contribution >= 0.6 is 27.3 Å². The van der Waals surface area contributed by atoms with Crippen molar-refractivity contribution in [2.45, 2.75) is 6.54 Å². The maximum absolute atomic E-state index is 4.08. The van der Waals surface area contributed by atoms with Gasteiger partial charge in [-0.2, -0.15) is 5.10 Å². The molecule has 0 aliphatic heterocycles. The van der Waals surface area contributed by atoms with Gasteiger partial charge in [-0.3, -0.25) is 4.68 Å². The Hall–Kier alpha value is -0.810. The summed E-state index contributed by atoms with van der Waals surface area (Å²) in [6, 6.07) is 4.08. The SMILES string of the molecule is Cn1nccc1NCc1cc(Br)cs1. The van der Waals surface area contributed by atoms with Crippen LogP contribution in [0.5, 0.6) is 0 Å². The van der Waals surface area contributed by atoms with Gasteiger partial charge in [0.1, 0.15) is 5.82 Å². The molecule has 0 aliphatic carbocycles. The van der Waals surface area contributed by atoms with Gasteiger partial charge in [-0.05, 0) is 22.0 Å². The summed E-state index contributed by atoms with van der Waals surface area (Å²) in [6.07, 6.45) is 1.78. The lowest BCUT2D eigenvalue weighted by molar-refractivity contribution is 0.769. The van der Waals surface area contributed by atoms with Crippen LogP contribution in [0.25, 0.3) is 0 Å². The van der Waals surface area contributed by atoms with E-state index in [9.17, 15) is 0 Å². The summed E-state index contributed by atoms with van der Waals surface area (Å²) in [6.45, 7) is 0.843. The van der Waals surface area contributed by atoms with Gasteiger partial charge < -0.3 is 5.32 Å². The van der Waals surface area contributed by atoms with Crippen molar-refractivity contribution in [2.24, 2.45) is 7.05 Å². The fourth-order valence-electron chi connectivity index (χ4n) is 1.17. The lowest BCUT2D eigenvalue weighted by atomic mass is 10.4. The van der Waals surface area contributed by atoms with Crippen molar-refractivity contribution < 1.29 is 0 Å². The molecule has 0 bridgehead atoms. The third-order valence-electron chi connectivity index (χ3n) is 1.89. The first-order valence-electron chi connectivity index (χ1n) is 4.20. The molecule has 5 heteroatoms. The Kier molecular flexibility index (Phi) is 2.88. The van der Waals surface area contributed by atoms with Crippen molar-refractivity contribution in [3.63, 3.8) is 0 Å². The second kappa shape index (κ2) is 4.14. The van der Waals surface area contributed by atoms with Crippen LogP contribution in [-0.2, 0) is 13.6 Å². The molecule has 0 saturated heterocycles. The number of rotatable bonds is 3. The van der Waals surface area contributed by atoms with Crippen LogP contribution < -0.4 is 5.32 Å². The molecule has 0 aromatic carbocycles. The summed E-state index contributed by atoms with van der Waals surface area (Å²) in [5.41, 5.74) is 0. The summed E-state index contributed by atoms with van der Waals surface area (Å²) >= 11 is 5.17. The van der Waals surface area contributed by atoms with E-state index in [0.717, 1.165) is 16.8 Å². The van der Waals surface area contributed by atoms with Crippen LogP contribution in [0, 0.1) is 0 Å². The van der Waals surface area contributed by atoms with Crippen LogP contribution in [0.2, 0.25) is 0 Å². The molecule has 14 heavy (non-hydrogen) atoms. The molecule has 0 atom stereocenters. The van der Waals surface area contributed by atoms with E-state index in [1.807, 2.05) is 17.8 Å². The van der Waals surface area contributed by atoms with E-state index in [1.165, 1.54) is 4.88 Å². The van der Waals surface area contributed by atoms with Crippen LogP contribution in [0.4, 0.5) is 5.82 Å². The zero-order chi connectivity index (χ0) is 9.97. The first-order valence-corrected chi connectivity index (χ1v) is 5.88. The zero-order valence-electron chi connectivity index (χ0n) is 7.70. The predicted octanol–water partition coefficient (Wildman–Crippen LogP) is 2.86. The fourth-order valence-corrected chi connectivity index (χ4v) is 2.56. The molecule has 0 unspecified atom stereocenters. The molecule has 74 valence electrons. The number of anilines is 1. The minimum absolute atomic E-state index is 0.843. The maximum atomic E-state index is 4.08. The Morgan fingerprint density at radius 2 is 2.50 bits per heavy atom. The molecule has 2 aromatic heterocycles. The van der Waals surface area contributed by atoms with Gasteiger partial charge in [0, 0.05) is 27.8 Å². The summed E-state index contributed by atoms with van der Waals surface area (Å²) in [5, 5.41) is 9.48. The van der Waals surface area contributed by atoms with Crippen molar-refractivity contribution >= 4 is 33.1 Å². The Balaban J connectivity index is 1.98. The first-order chi connectivity index (χ1) is 6.75. The highest BCUT2D eigenvalue weighted by Gasteiger charge is 1.99. The number of nitrogens with zero attached hydrogens (tertiary/aromatic N) is 2. The average molecular weight is 272 g/mol. The minimum Gasteiger partial charge on any atom is -0.365 e. The molecule has 2 aromatic rings. The number of hydrogen-bond acceptors (Lipinski definition) is 3. The minimum atomic E-state index is 0.843. The fraction of sp³-hybridized carbons (Fsp3) is 0.222. The Labute approximate surface area is 94.9 Å². The quantitative estimate of drug-likeness (QED) is 0.931. The van der Waals surface area contributed by atoms with Crippen molar-refractivity contribution in [3.05, 3.63) is 33.1 Å². The van der Waals surface area contributed by atoms with E-state index >= 15 is 0 Å². The van der Waals surface area contributed by atoms with Crippen molar-refractivity contribution in [1.82, 2.24) is 9.78 Å². The van der Waals surface area contributed by atoms with Gasteiger partial charge in [0.05, 0.1) is 12.7 Å². The highest BCUT2D eigenvalue weighted by Crippen LogP contribution is 2.20. The number of nitrogens with one attached hydrogen (secondary N) is 1. The van der Waals surface area contributed by atoms with E-state index < -0.39 is 0 Å². The van der Waals surface area contributed by atoms with E-state index in [-0.39, 0.29) is 0 Å². The molecule has 0 saturated carbocycles. The second-order valence-electron chi connectivity index (χ2n) is 2.92. The summed E-state index contributed by atoms with van der Waals surface area (Å²) in [7, 11) is 1.92. The normalized spacial score (nSPS) is 10.4. The zero-order valence-corrected chi connectivity index (χ0v) is 10.1. The van der Waals surface area contributed by atoms with Gasteiger partial charge in [0.15, 0.2) is 0 Å². The van der Waals surface area contributed by atoms with E-state index in [4.69, 9.17) is 0 Å². The summed E-state index contributed by atoms with van der Waals surface area (Å²) in [5.74, 6) is 1.04. The molecule has 3 nitrogen and oxygen atoms in total. The topological polar surface area (TPSA) is 29.9 Å². The Morgan fingerprint density at radius 1 is 1.64 bits per heavy atom. The van der Waals surface area contributed by atoms with Crippen LogP contribution in [0.15, 0.2) is 28.2 Å². The molecule has 1 N–H and O–H groups in total. The molecule has 2 rings (SSSR count). The smallest absolute Gasteiger partial charge is 0.124 e. The van der Waals surface area contributed by atoms with Crippen molar-refractivity contribution in [2.75, 3.05) is 5.32 Å². The number of aromatic nitrogens is 2. The molecular weight excluding hydrogens is 262 g/mol. The Bertz CT molecular complexity index is 421. The largest absolute Gasteiger partial charge is 0.365 e. The summed E-state index contributed by atoms with van der Waals surface area (Å²) in [4.78, 5) is 1.30. The highest BCUT2D eigenvalue weighted by molar-refractivity contribution is 9.10. The molecule has 0 aliphatic rings. The predicted molar refractivity (Wildman–Crippen MR) is 62.6 cm³/mol. The first kappa shape index (κ1) is 9.73. The number of thiophene rings is 1. The number of aryl methyl sites for hydroxylation is 1. The van der Waals surface area contributed by atoms with E-state index in [0.29, 0.717) is 0 Å². The van der Waals surface area contributed by atoms with Crippen LogP contribution in [0.3, 0.4) is 0 Å². The number of hydrogen-bond donors (Lipinski definition) is 1. The van der Waals surface area contributed by atoms with Crippen molar-refractivity contribution in [3.8, 4) is 0 Å². The van der Waals surface area contributed by atoms with Gasteiger partial charge in [-0.15, -0.1) is 11.3 Å². The second-order valence-corrected chi connectivity index (χ2v) is 4.84. The van der Waals surface area contributed by atoms with Gasteiger partial charge in [0.2, 0.25) is 0 Å². The molecule has 0 fully saturated rings. The monoisotopic (exact) mass is 271 g/mol. The van der Waals surface area contributed by atoms with E-state index in [1.54, 1.807) is 17.5 Å². The average Bonchev–Trinajstić information content (AvgIpc) is 2.72. The van der Waals surface area contributed by atoms with Gasteiger partial charge in [0.25, 0.3) is 0 Å². The number of halogens is 1. The standard InChI is InChI=1S/C9H10BrN3S/c1-13-9(2-3-12-13)11-5-8-4-7(10)6-14-8/h2-4,6,11H,5H2,1H3.